The summed E-state index contributed by atoms with van der Waals surface area (Å²) in [5, 5.41) is 2.90. The lowest BCUT2D eigenvalue weighted by molar-refractivity contribution is -0.139. The molecule has 1 aliphatic heterocycles. The van der Waals surface area contributed by atoms with Crippen LogP contribution < -0.4 is 24.3 Å². The molecule has 0 saturated carbocycles. The summed E-state index contributed by atoms with van der Waals surface area (Å²) in [6, 6.07) is 24.3. The van der Waals surface area contributed by atoms with E-state index in [4.69, 9.17) is 18.9 Å². The fraction of sp³-hybridized carbons (Fsp3) is 0.188. The van der Waals surface area contributed by atoms with Crippen LogP contribution in [0, 0.1) is 5.82 Å². The van der Waals surface area contributed by atoms with Crippen molar-refractivity contribution in [3.8, 4) is 23.0 Å². The minimum absolute atomic E-state index is 0.00941. The zero-order chi connectivity index (χ0) is 28.8. The van der Waals surface area contributed by atoms with Crippen molar-refractivity contribution in [3.05, 3.63) is 114 Å². The highest BCUT2D eigenvalue weighted by molar-refractivity contribution is 5.99. The summed E-state index contributed by atoms with van der Waals surface area (Å²) in [6.45, 7) is -0.102. The summed E-state index contributed by atoms with van der Waals surface area (Å²) in [6.07, 6.45) is 0.00941. The number of fused-ring (bicyclic) bond motifs is 1. The normalized spacial score (nSPS) is 12.4. The minimum Gasteiger partial charge on any atom is -0.497 e. The van der Waals surface area contributed by atoms with E-state index in [2.05, 4.69) is 5.32 Å². The summed E-state index contributed by atoms with van der Waals surface area (Å²) in [5.41, 5.74) is 1.88. The Labute approximate surface area is 237 Å². The summed E-state index contributed by atoms with van der Waals surface area (Å²) >= 11 is 0. The van der Waals surface area contributed by atoms with Crippen LogP contribution in [0.2, 0.25) is 0 Å². The molecule has 0 aromatic heterocycles. The topological polar surface area (TPSA) is 86.3 Å². The molecule has 0 spiro atoms. The Bertz CT molecular complexity index is 1540. The first-order valence-electron chi connectivity index (χ1n) is 13.0. The molecule has 0 bridgehead atoms. The maximum absolute atomic E-state index is 14.9. The molecule has 2 amide bonds. The van der Waals surface area contributed by atoms with Crippen LogP contribution in [0.25, 0.3) is 0 Å². The number of carbonyl (C=O) groups is 2. The van der Waals surface area contributed by atoms with Crippen LogP contribution in [0.4, 0.5) is 10.1 Å². The summed E-state index contributed by atoms with van der Waals surface area (Å²) < 4.78 is 36.7. The third kappa shape index (κ3) is 6.24. The van der Waals surface area contributed by atoms with Gasteiger partial charge in [0, 0.05) is 18.2 Å². The van der Waals surface area contributed by atoms with Gasteiger partial charge in [0.05, 0.1) is 26.3 Å². The number of halogens is 1. The molecule has 8 nitrogen and oxygen atoms in total. The molecule has 0 aliphatic carbocycles. The molecule has 0 unspecified atom stereocenters. The van der Waals surface area contributed by atoms with Gasteiger partial charge in [-0.1, -0.05) is 54.6 Å². The smallest absolute Gasteiger partial charge is 0.251 e. The second-order valence-corrected chi connectivity index (χ2v) is 9.35. The highest BCUT2D eigenvalue weighted by atomic mass is 19.1. The average Bonchev–Trinajstić information content (AvgIpc) is 3.46. The molecule has 1 aliphatic rings. The number of benzene rings is 4. The van der Waals surface area contributed by atoms with Crippen LogP contribution in [0.1, 0.15) is 22.7 Å². The minimum atomic E-state index is -1.16. The molecular formula is C32H29FN2O6. The van der Waals surface area contributed by atoms with Gasteiger partial charge >= 0.3 is 0 Å². The van der Waals surface area contributed by atoms with E-state index < -0.39 is 17.8 Å². The molecule has 41 heavy (non-hydrogen) atoms. The predicted molar refractivity (Wildman–Crippen MR) is 151 cm³/mol. The molecule has 1 atom stereocenters. The lowest BCUT2D eigenvalue weighted by Gasteiger charge is -2.32. The van der Waals surface area contributed by atoms with E-state index in [1.807, 2.05) is 30.3 Å². The fourth-order valence-electron chi connectivity index (χ4n) is 4.66. The van der Waals surface area contributed by atoms with Crippen molar-refractivity contribution in [3.63, 3.8) is 0 Å². The van der Waals surface area contributed by atoms with Crippen molar-refractivity contribution >= 4 is 17.5 Å². The maximum Gasteiger partial charge on any atom is 0.251 e. The van der Waals surface area contributed by atoms with Crippen molar-refractivity contribution < 1.29 is 32.9 Å². The molecule has 1 heterocycles. The highest BCUT2D eigenvalue weighted by Crippen LogP contribution is 2.37. The number of hydrogen-bond donors (Lipinski definition) is 1. The Morgan fingerprint density at radius 1 is 0.902 bits per heavy atom. The molecule has 9 heteroatoms. The third-order valence-corrected chi connectivity index (χ3v) is 6.76. The van der Waals surface area contributed by atoms with Crippen molar-refractivity contribution in [1.82, 2.24) is 4.90 Å². The average molecular weight is 557 g/mol. The first-order valence-corrected chi connectivity index (χ1v) is 13.0. The van der Waals surface area contributed by atoms with E-state index >= 15 is 0 Å². The molecular weight excluding hydrogens is 527 g/mol. The van der Waals surface area contributed by atoms with E-state index in [9.17, 15) is 14.0 Å². The summed E-state index contributed by atoms with van der Waals surface area (Å²) in [4.78, 5) is 29.5. The number of anilines is 1. The van der Waals surface area contributed by atoms with Gasteiger partial charge in [-0.2, -0.15) is 0 Å². The van der Waals surface area contributed by atoms with Gasteiger partial charge < -0.3 is 29.2 Å². The Hall–Kier alpha value is -5.05. The van der Waals surface area contributed by atoms with E-state index in [-0.39, 0.29) is 31.2 Å². The van der Waals surface area contributed by atoms with Gasteiger partial charge in [0.15, 0.2) is 11.5 Å². The number of amides is 2. The SMILES string of the molecule is COc1ccc(NC(=O)[C@H](c2ccc3c(c2)OCO3)N(Cc2ccccc2F)C(=O)Cc2ccccc2)c(OC)c1. The molecule has 4 aromatic rings. The molecule has 5 rings (SSSR count). The summed E-state index contributed by atoms with van der Waals surface area (Å²) in [7, 11) is 3.01. The van der Waals surface area contributed by atoms with Crippen molar-refractivity contribution in [2.75, 3.05) is 26.3 Å². The lowest BCUT2D eigenvalue weighted by Crippen LogP contribution is -2.42. The van der Waals surface area contributed by atoms with Crippen LogP contribution in [-0.2, 0) is 22.6 Å². The largest absolute Gasteiger partial charge is 0.497 e. The second kappa shape index (κ2) is 12.4. The van der Waals surface area contributed by atoms with E-state index in [0.29, 0.717) is 34.2 Å². The van der Waals surface area contributed by atoms with Gasteiger partial charge in [0.25, 0.3) is 5.91 Å². The lowest BCUT2D eigenvalue weighted by atomic mass is 10.0. The number of hydrogen-bond acceptors (Lipinski definition) is 6. The standard InChI is InChI=1S/C32H29FN2O6/c1-38-24-13-14-26(28(18-24)39-2)34-32(37)31(22-12-15-27-29(17-22)41-20-40-27)35(19-23-10-6-7-11-25(23)33)30(36)16-21-8-4-3-5-9-21/h3-15,17-18,31H,16,19-20H2,1-2H3,(H,34,37)/t31-/m0/s1. The van der Waals surface area contributed by atoms with Crippen LogP contribution in [-0.4, -0.2) is 37.7 Å². The Balaban J connectivity index is 1.58. The predicted octanol–water partition coefficient (Wildman–Crippen LogP) is 5.52. The first-order chi connectivity index (χ1) is 20.0. The van der Waals surface area contributed by atoms with Gasteiger partial charge in [-0.05, 0) is 41.5 Å². The van der Waals surface area contributed by atoms with Crippen LogP contribution >= 0.6 is 0 Å². The maximum atomic E-state index is 14.9. The van der Waals surface area contributed by atoms with Crippen LogP contribution in [0.15, 0.2) is 91.0 Å². The zero-order valence-corrected chi connectivity index (χ0v) is 22.6. The monoisotopic (exact) mass is 556 g/mol. The van der Waals surface area contributed by atoms with E-state index in [1.54, 1.807) is 54.6 Å². The molecule has 1 N–H and O–H groups in total. The van der Waals surface area contributed by atoms with Crippen molar-refractivity contribution in [2.24, 2.45) is 0 Å². The van der Waals surface area contributed by atoms with E-state index in [0.717, 1.165) is 5.56 Å². The number of methoxy groups -OCH3 is 2. The van der Waals surface area contributed by atoms with Gasteiger partial charge in [0.2, 0.25) is 12.7 Å². The Kier molecular flexibility index (Phi) is 8.34. The molecule has 4 aromatic carbocycles. The highest BCUT2D eigenvalue weighted by Gasteiger charge is 2.34. The molecule has 0 saturated heterocycles. The van der Waals surface area contributed by atoms with Crippen molar-refractivity contribution in [1.29, 1.82) is 0 Å². The first kappa shape index (κ1) is 27.5. The number of nitrogens with one attached hydrogen (secondary N) is 1. The number of nitrogens with zero attached hydrogens (tertiary/aromatic N) is 1. The quantitative estimate of drug-likeness (QED) is 0.277. The summed E-state index contributed by atoms with van der Waals surface area (Å²) in [5.74, 6) is 0.533. The number of carbonyl (C=O) groups excluding carboxylic acids is 2. The van der Waals surface area contributed by atoms with Gasteiger partial charge in [-0.3, -0.25) is 9.59 Å². The molecule has 0 radical (unpaired) electrons. The molecule has 210 valence electrons. The van der Waals surface area contributed by atoms with Crippen LogP contribution in [0.5, 0.6) is 23.0 Å². The van der Waals surface area contributed by atoms with Gasteiger partial charge in [-0.15, -0.1) is 0 Å². The number of ether oxygens (including phenoxy) is 4. The Morgan fingerprint density at radius 2 is 1.66 bits per heavy atom. The van der Waals surface area contributed by atoms with Gasteiger partial charge in [0.1, 0.15) is 23.4 Å². The zero-order valence-electron chi connectivity index (χ0n) is 22.6. The molecule has 0 fully saturated rings. The van der Waals surface area contributed by atoms with Crippen molar-refractivity contribution in [2.45, 2.75) is 19.0 Å². The van der Waals surface area contributed by atoms with E-state index in [1.165, 1.54) is 25.2 Å². The second-order valence-electron chi connectivity index (χ2n) is 9.35. The van der Waals surface area contributed by atoms with Gasteiger partial charge in [-0.25, -0.2) is 4.39 Å². The third-order valence-electron chi connectivity index (χ3n) is 6.76. The van der Waals surface area contributed by atoms with Crippen LogP contribution in [0.3, 0.4) is 0 Å². The fourth-order valence-corrected chi connectivity index (χ4v) is 4.66. The Morgan fingerprint density at radius 3 is 2.41 bits per heavy atom. The number of rotatable bonds is 10.